The van der Waals surface area contributed by atoms with Crippen molar-refractivity contribution in [3.05, 3.63) is 35.9 Å². The van der Waals surface area contributed by atoms with Gasteiger partial charge in [-0.2, -0.15) is 0 Å². The van der Waals surface area contributed by atoms with Gasteiger partial charge in [0.05, 0.1) is 5.52 Å². The minimum Gasteiger partial charge on any atom is -0.336 e. The summed E-state index contributed by atoms with van der Waals surface area (Å²) in [5.41, 5.74) is 1.83. The van der Waals surface area contributed by atoms with Crippen molar-refractivity contribution in [2.75, 3.05) is 5.32 Å². The largest absolute Gasteiger partial charge is 0.336 e. The van der Waals surface area contributed by atoms with Gasteiger partial charge in [-0.25, -0.2) is 9.78 Å². The lowest BCUT2D eigenvalue weighted by molar-refractivity contribution is 0.250. The molecule has 0 unspecified atom stereocenters. The Kier molecular flexibility index (Phi) is 3.46. The number of hydrogen-bond acceptors (Lipinski definition) is 2. The fourth-order valence-corrected chi connectivity index (χ4v) is 1.75. The Labute approximate surface area is 106 Å². The second-order valence-electron chi connectivity index (χ2n) is 4.60. The molecule has 0 radical (unpaired) electrons. The van der Waals surface area contributed by atoms with Crippen molar-refractivity contribution in [3.63, 3.8) is 0 Å². The predicted molar refractivity (Wildman–Crippen MR) is 73.8 cm³/mol. The number of benzene rings is 1. The zero-order valence-electron chi connectivity index (χ0n) is 10.8. The highest BCUT2D eigenvalue weighted by molar-refractivity contribution is 5.91. The van der Waals surface area contributed by atoms with Crippen molar-refractivity contribution in [2.45, 2.75) is 26.8 Å². The molecule has 0 aliphatic carbocycles. The van der Waals surface area contributed by atoms with Gasteiger partial charge in [0.15, 0.2) is 0 Å². The quantitative estimate of drug-likeness (QED) is 0.851. The summed E-state index contributed by atoms with van der Waals surface area (Å²) < 4.78 is 0. The molecule has 94 valence electrons. The van der Waals surface area contributed by atoms with Gasteiger partial charge in [-0.1, -0.05) is 18.2 Å². The lowest BCUT2D eigenvalue weighted by Gasteiger charge is -2.12. The van der Waals surface area contributed by atoms with E-state index in [9.17, 15) is 4.79 Å². The number of aryl methyl sites for hydroxylation is 1. The van der Waals surface area contributed by atoms with Crippen LogP contribution < -0.4 is 10.6 Å². The van der Waals surface area contributed by atoms with E-state index < -0.39 is 0 Å². The van der Waals surface area contributed by atoms with Crippen LogP contribution in [0.3, 0.4) is 0 Å². The van der Waals surface area contributed by atoms with Crippen LogP contribution in [0.25, 0.3) is 10.9 Å². The molecule has 4 nitrogen and oxygen atoms in total. The molecule has 0 atom stereocenters. The van der Waals surface area contributed by atoms with Crippen molar-refractivity contribution < 1.29 is 4.79 Å². The molecule has 4 heteroatoms. The van der Waals surface area contributed by atoms with E-state index in [1.807, 2.05) is 51.1 Å². The number of rotatable bonds is 2. The number of para-hydroxylation sites is 1. The molecule has 2 aromatic rings. The number of fused-ring (bicyclic) bond motifs is 1. The number of hydrogen-bond donors (Lipinski definition) is 2. The monoisotopic (exact) mass is 243 g/mol. The number of carbonyl (C=O) groups is 1. The number of pyridine rings is 1. The molecule has 0 aliphatic heterocycles. The van der Waals surface area contributed by atoms with E-state index in [4.69, 9.17) is 0 Å². The van der Waals surface area contributed by atoms with Crippen molar-refractivity contribution in [1.29, 1.82) is 0 Å². The lowest BCUT2D eigenvalue weighted by atomic mass is 10.1. The van der Waals surface area contributed by atoms with Crippen molar-refractivity contribution in [2.24, 2.45) is 0 Å². The highest BCUT2D eigenvalue weighted by atomic mass is 16.2. The molecule has 18 heavy (non-hydrogen) atoms. The molecule has 1 aromatic heterocycles. The highest BCUT2D eigenvalue weighted by Crippen LogP contribution is 2.19. The number of aromatic nitrogens is 1. The van der Waals surface area contributed by atoms with Crippen molar-refractivity contribution >= 4 is 22.8 Å². The van der Waals surface area contributed by atoms with E-state index in [0.29, 0.717) is 5.82 Å². The summed E-state index contributed by atoms with van der Waals surface area (Å²) >= 11 is 0. The Morgan fingerprint density at radius 3 is 2.72 bits per heavy atom. The molecule has 0 spiro atoms. The summed E-state index contributed by atoms with van der Waals surface area (Å²) in [6.07, 6.45) is 0. The predicted octanol–water partition coefficient (Wildman–Crippen LogP) is 3.07. The third kappa shape index (κ3) is 2.77. The molecule has 0 bridgehead atoms. The van der Waals surface area contributed by atoms with Gasteiger partial charge in [-0.3, -0.25) is 5.32 Å². The molecular weight excluding hydrogens is 226 g/mol. The van der Waals surface area contributed by atoms with Crippen LogP contribution in [-0.2, 0) is 0 Å². The Balaban J connectivity index is 2.28. The second kappa shape index (κ2) is 5.04. The SMILES string of the molecule is Cc1cc2ccccc2nc1NC(=O)NC(C)C. The van der Waals surface area contributed by atoms with Gasteiger partial charge in [0.1, 0.15) is 5.82 Å². The van der Waals surface area contributed by atoms with Crippen LogP contribution in [0.15, 0.2) is 30.3 Å². The minimum atomic E-state index is -0.226. The zero-order valence-corrected chi connectivity index (χ0v) is 10.8. The first kappa shape index (κ1) is 12.4. The summed E-state index contributed by atoms with van der Waals surface area (Å²) in [4.78, 5) is 16.1. The summed E-state index contributed by atoms with van der Waals surface area (Å²) in [6.45, 7) is 5.77. The van der Waals surface area contributed by atoms with Crippen LogP contribution in [0.2, 0.25) is 0 Å². The van der Waals surface area contributed by atoms with Gasteiger partial charge in [0.2, 0.25) is 0 Å². The smallest absolute Gasteiger partial charge is 0.320 e. The summed E-state index contributed by atoms with van der Waals surface area (Å²) in [5.74, 6) is 0.604. The van der Waals surface area contributed by atoms with E-state index in [1.54, 1.807) is 0 Å². The third-order valence-corrected chi connectivity index (χ3v) is 2.57. The standard InChI is InChI=1S/C14H17N3O/c1-9(2)15-14(18)17-13-10(3)8-11-6-4-5-7-12(11)16-13/h4-9H,1-3H3,(H2,15,16,17,18). The van der Waals surface area contributed by atoms with Gasteiger partial charge < -0.3 is 5.32 Å². The van der Waals surface area contributed by atoms with Gasteiger partial charge >= 0.3 is 6.03 Å². The Hall–Kier alpha value is -2.10. The Morgan fingerprint density at radius 1 is 1.28 bits per heavy atom. The molecule has 1 aromatic carbocycles. The molecule has 1 heterocycles. The minimum absolute atomic E-state index is 0.103. The van der Waals surface area contributed by atoms with Crippen LogP contribution in [0.1, 0.15) is 19.4 Å². The molecule has 0 saturated heterocycles. The average Bonchev–Trinajstić information content (AvgIpc) is 2.29. The topological polar surface area (TPSA) is 54.0 Å². The highest BCUT2D eigenvalue weighted by Gasteiger charge is 2.07. The van der Waals surface area contributed by atoms with Crippen LogP contribution in [0.5, 0.6) is 0 Å². The van der Waals surface area contributed by atoms with E-state index in [0.717, 1.165) is 16.5 Å². The van der Waals surface area contributed by atoms with E-state index in [-0.39, 0.29) is 12.1 Å². The summed E-state index contributed by atoms with van der Waals surface area (Å²) in [6, 6.07) is 9.74. The lowest BCUT2D eigenvalue weighted by Crippen LogP contribution is -2.34. The fraction of sp³-hybridized carbons (Fsp3) is 0.286. The van der Waals surface area contributed by atoms with Crippen LogP contribution in [-0.4, -0.2) is 17.1 Å². The van der Waals surface area contributed by atoms with Crippen molar-refractivity contribution in [1.82, 2.24) is 10.3 Å². The molecular formula is C14H17N3O. The normalized spacial score (nSPS) is 10.7. The summed E-state index contributed by atoms with van der Waals surface area (Å²) in [7, 11) is 0. The van der Waals surface area contributed by atoms with Crippen molar-refractivity contribution in [3.8, 4) is 0 Å². The van der Waals surface area contributed by atoms with E-state index >= 15 is 0 Å². The number of nitrogens with zero attached hydrogens (tertiary/aromatic N) is 1. The third-order valence-electron chi connectivity index (χ3n) is 2.57. The van der Waals surface area contributed by atoms with Gasteiger partial charge in [-0.15, -0.1) is 0 Å². The first-order valence-electron chi connectivity index (χ1n) is 6.00. The number of anilines is 1. The number of amides is 2. The Morgan fingerprint density at radius 2 is 2.00 bits per heavy atom. The maximum absolute atomic E-state index is 11.6. The molecule has 0 saturated carbocycles. The second-order valence-corrected chi connectivity index (χ2v) is 4.60. The maximum Gasteiger partial charge on any atom is 0.320 e. The first-order valence-corrected chi connectivity index (χ1v) is 6.00. The molecule has 2 N–H and O–H groups in total. The average molecular weight is 243 g/mol. The molecule has 2 amide bonds. The van der Waals surface area contributed by atoms with E-state index in [2.05, 4.69) is 15.6 Å². The zero-order chi connectivity index (χ0) is 13.1. The van der Waals surface area contributed by atoms with Crippen LogP contribution in [0, 0.1) is 6.92 Å². The van der Waals surface area contributed by atoms with Gasteiger partial charge in [0, 0.05) is 11.4 Å². The molecule has 2 rings (SSSR count). The number of carbonyl (C=O) groups excluding carboxylic acids is 1. The number of urea groups is 1. The fourth-order valence-electron chi connectivity index (χ4n) is 1.75. The number of nitrogens with one attached hydrogen (secondary N) is 2. The molecule has 0 fully saturated rings. The van der Waals surface area contributed by atoms with Crippen LogP contribution in [0.4, 0.5) is 10.6 Å². The van der Waals surface area contributed by atoms with Crippen LogP contribution >= 0.6 is 0 Å². The van der Waals surface area contributed by atoms with E-state index in [1.165, 1.54) is 0 Å². The van der Waals surface area contributed by atoms with Gasteiger partial charge in [0.25, 0.3) is 0 Å². The first-order chi connectivity index (χ1) is 8.56. The van der Waals surface area contributed by atoms with Gasteiger partial charge in [-0.05, 0) is 38.5 Å². The Bertz CT molecular complexity index is 578. The summed E-state index contributed by atoms with van der Waals surface area (Å²) in [5, 5.41) is 6.62. The molecule has 0 aliphatic rings. The maximum atomic E-state index is 11.6.